The lowest BCUT2D eigenvalue weighted by Gasteiger charge is -2.62. The van der Waals surface area contributed by atoms with E-state index in [0.29, 0.717) is 24.8 Å². The first-order chi connectivity index (χ1) is 22.1. The number of esters is 1. The zero-order valence-electron chi connectivity index (χ0n) is 27.5. The Morgan fingerprint density at radius 1 is 0.979 bits per heavy atom. The van der Waals surface area contributed by atoms with Gasteiger partial charge in [-0.1, -0.05) is 26.3 Å². The minimum absolute atomic E-state index is 0.0109. The molecule has 13 nitrogen and oxygen atoms in total. The Morgan fingerprint density at radius 2 is 1.70 bits per heavy atom. The number of hydrogen-bond acceptors (Lipinski definition) is 13. The molecule has 0 aromatic rings. The van der Waals surface area contributed by atoms with Gasteiger partial charge in [0.15, 0.2) is 6.29 Å². The van der Waals surface area contributed by atoms with Crippen molar-refractivity contribution < 1.29 is 64.6 Å². The highest BCUT2D eigenvalue weighted by Gasteiger charge is 2.82. The van der Waals surface area contributed by atoms with Crippen LogP contribution in [-0.4, -0.2) is 133 Å². The number of hydrogen-bond donors (Lipinski definition) is 8. The number of carbonyl (C=O) groups is 1. The molecular weight excluding hydrogens is 616 g/mol. The molecule has 6 fully saturated rings. The minimum Gasteiger partial charge on any atom is -0.458 e. The van der Waals surface area contributed by atoms with Gasteiger partial charge in [-0.3, -0.25) is 0 Å². The van der Waals surface area contributed by atoms with Gasteiger partial charge >= 0.3 is 5.97 Å². The molecule has 47 heavy (non-hydrogen) atoms. The highest BCUT2D eigenvalue weighted by atomic mass is 16.7. The molecule has 0 bridgehead atoms. The normalized spacial score (nSPS) is 56.2. The molecule has 1 spiro atoms. The summed E-state index contributed by atoms with van der Waals surface area (Å²) in [6.07, 6.45) is -8.60. The number of aliphatic hydroxyl groups excluding tert-OH is 8. The molecule has 4 saturated carbocycles. The van der Waals surface area contributed by atoms with Crippen molar-refractivity contribution in [3.8, 4) is 0 Å². The van der Waals surface area contributed by atoms with Gasteiger partial charge in [-0.25, -0.2) is 4.79 Å². The van der Waals surface area contributed by atoms with Crippen molar-refractivity contribution in [3.05, 3.63) is 11.1 Å². The second kappa shape index (κ2) is 11.7. The summed E-state index contributed by atoms with van der Waals surface area (Å²) in [5, 5.41) is 85.6. The third-order valence-corrected chi connectivity index (χ3v) is 14.3. The van der Waals surface area contributed by atoms with Crippen molar-refractivity contribution >= 4 is 5.97 Å². The van der Waals surface area contributed by atoms with Gasteiger partial charge in [0.05, 0.1) is 43.2 Å². The fraction of sp³-hybridized carbons (Fsp3) is 0.912. The lowest BCUT2D eigenvalue weighted by Crippen LogP contribution is -2.70. The van der Waals surface area contributed by atoms with Crippen molar-refractivity contribution in [2.75, 3.05) is 13.2 Å². The standard InChI is InChI=1S/C34H52O13/c1-13-7-20(44-30(43)16(13)11-35)14(2)25-19(37)9-18-15-8-24-34(47-24)29(42)21(45-31-28(41)27(40)26(39)22(12-36)46-31)10-23(38)33(34,4)17(15)5-6-32(18,25)3/h14-15,17-29,31,35-42H,5-12H2,1-4H3/t14?,15?,17?,18?,19?,20?,21-,22+,23-,24+,25?,26+,27-,28+,29-,31+,32-,33-,34-/m0/s1. The molecule has 0 amide bonds. The summed E-state index contributed by atoms with van der Waals surface area (Å²) in [5.74, 6) is -0.497. The molecule has 7 rings (SSSR count). The molecule has 266 valence electrons. The molecule has 7 aliphatic rings. The van der Waals surface area contributed by atoms with E-state index in [0.717, 1.165) is 18.4 Å². The lowest BCUT2D eigenvalue weighted by atomic mass is 9.43. The number of fused-ring (bicyclic) bond motifs is 4. The molecule has 8 N–H and O–H groups in total. The molecule has 4 aliphatic carbocycles. The first-order valence-electron chi connectivity index (χ1n) is 17.3. The van der Waals surface area contributed by atoms with Gasteiger partial charge in [-0.15, -0.1) is 0 Å². The van der Waals surface area contributed by atoms with E-state index in [1.54, 1.807) is 0 Å². The van der Waals surface area contributed by atoms with Gasteiger partial charge in [-0.05, 0) is 67.6 Å². The summed E-state index contributed by atoms with van der Waals surface area (Å²) >= 11 is 0. The summed E-state index contributed by atoms with van der Waals surface area (Å²) in [6, 6.07) is 0. The Bertz CT molecular complexity index is 1270. The lowest BCUT2D eigenvalue weighted by molar-refractivity contribution is -0.330. The zero-order valence-corrected chi connectivity index (χ0v) is 27.5. The van der Waals surface area contributed by atoms with Crippen LogP contribution in [0.2, 0.25) is 0 Å². The van der Waals surface area contributed by atoms with E-state index in [4.69, 9.17) is 18.9 Å². The van der Waals surface area contributed by atoms with Crippen molar-refractivity contribution in [2.24, 2.45) is 40.4 Å². The van der Waals surface area contributed by atoms with Crippen LogP contribution in [-0.2, 0) is 23.7 Å². The van der Waals surface area contributed by atoms with Crippen LogP contribution in [0.25, 0.3) is 0 Å². The predicted molar refractivity (Wildman–Crippen MR) is 161 cm³/mol. The van der Waals surface area contributed by atoms with Gasteiger partial charge in [0, 0.05) is 18.3 Å². The maximum atomic E-state index is 12.7. The number of ether oxygens (including phenoxy) is 4. The molecule has 0 aromatic carbocycles. The number of carbonyl (C=O) groups excluding carboxylic acids is 1. The summed E-state index contributed by atoms with van der Waals surface area (Å²) in [5.41, 5.74) is -1.04. The van der Waals surface area contributed by atoms with Crippen molar-refractivity contribution in [2.45, 2.75) is 139 Å². The van der Waals surface area contributed by atoms with Crippen LogP contribution in [0.4, 0.5) is 0 Å². The van der Waals surface area contributed by atoms with E-state index in [9.17, 15) is 45.6 Å². The molecule has 13 heteroatoms. The summed E-state index contributed by atoms with van der Waals surface area (Å²) in [7, 11) is 0. The summed E-state index contributed by atoms with van der Waals surface area (Å²) < 4.78 is 23.8. The molecule has 0 aromatic heterocycles. The average Bonchev–Trinajstić information content (AvgIpc) is 3.70. The smallest absolute Gasteiger partial charge is 0.336 e. The maximum Gasteiger partial charge on any atom is 0.336 e. The highest BCUT2D eigenvalue weighted by molar-refractivity contribution is 5.90. The highest BCUT2D eigenvalue weighted by Crippen LogP contribution is 2.74. The second-order valence-electron chi connectivity index (χ2n) is 16.2. The van der Waals surface area contributed by atoms with Crippen molar-refractivity contribution in [1.82, 2.24) is 0 Å². The van der Waals surface area contributed by atoms with E-state index in [1.165, 1.54) is 0 Å². The van der Waals surface area contributed by atoms with Gasteiger partial charge in [0.1, 0.15) is 42.2 Å². The average molecular weight is 669 g/mol. The van der Waals surface area contributed by atoms with Crippen molar-refractivity contribution in [3.63, 3.8) is 0 Å². The summed E-state index contributed by atoms with van der Waals surface area (Å²) in [6.45, 7) is 7.17. The van der Waals surface area contributed by atoms with E-state index in [-0.39, 0.29) is 54.1 Å². The predicted octanol–water partition coefficient (Wildman–Crippen LogP) is -0.865. The monoisotopic (exact) mass is 668 g/mol. The third-order valence-electron chi connectivity index (χ3n) is 14.3. The molecule has 3 heterocycles. The van der Waals surface area contributed by atoms with Crippen LogP contribution < -0.4 is 0 Å². The number of epoxide rings is 1. The number of aliphatic hydroxyl groups is 8. The van der Waals surface area contributed by atoms with Crippen LogP contribution in [0.5, 0.6) is 0 Å². The first kappa shape index (κ1) is 34.2. The Balaban J connectivity index is 1.11. The largest absolute Gasteiger partial charge is 0.458 e. The second-order valence-corrected chi connectivity index (χ2v) is 16.2. The van der Waals surface area contributed by atoms with Crippen molar-refractivity contribution in [1.29, 1.82) is 0 Å². The van der Waals surface area contributed by atoms with E-state index in [1.807, 2.05) is 13.8 Å². The van der Waals surface area contributed by atoms with E-state index < -0.39 is 84.8 Å². The fourth-order valence-corrected chi connectivity index (χ4v) is 11.8. The van der Waals surface area contributed by atoms with Crippen LogP contribution in [0.15, 0.2) is 11.1 Å². The Labute approximate surface area is 274 Å². The Hall–Kier alpha value is -1.23. The maximum absolute atomic E-state index is 12.7. The SMILES string of the molecule is CC1=C(CO)C(=O)OC(C(C)C2C(O)CC3C4C[C@H]5O[C@]56[C@@H](O)[C@@H](O[C@@H]5O[C@H](CO)[C@@H](O)[C@H](O)[C@H]5O)C[C@H](O)[C@]6(C)C4CC[C@@]32C)C1. The molecule has 3 aliphatic heterocycles. The number of rotatable bonds is 6. The number of cyclic esters (lactones) is 1. The van der Waals surface area contributed by atoms with E-state index >= 15 is 0 Å². The van der Waals surface area contributed by atoms with Crippen LogP contribution in [0.3, 0.4) is 0 Å². The first-order valence-corrected chi connectivity index (χ1v) is 17.3. The topological polar surface area (TPSA) is 219 Å². The fourth-order valence-electron chi connectivity index (χ4n) is 11.8. The Morgan fingerprint density at radius 3 is 2.36 bits per heavy atom. The van der Waals surface area contributed by atoms with E-state index in [2.05, 4.69) is 13.8 Å². The molecule has 7 unspecified atom stereocenters. The molecular formula is C34H52O13. The van der Waals surface area contributed by atoms with Crippen LogP contribution in [0, 0.1) is 40.4 Å². The van der Waals surface area contributed by atoms with Gasteiger partial charge in [0.2, 0.25) is 0 Å². The van der Waals surface area contributed by atoms with Crippen LogP contribution in [0.1, 0.15) is 66.2 Å². The minimum atomic E-state index is -1.64. The van der Waals surface area contributed by atoms with Gasteiger partial charge < -0.3 is 59.8 Å². The van der Waals surface area contributed by atoms with Crippen LogP contribution >= 0.6 is 0 Å². The quantitative estimate of drug-likeness (QED) is 0.0982. The molecule has 19 atom stereocenters. The molecule has 0 radical (unpaired) electrons. The molecule has 2 saturated heterocycles. The Kier molecular flexibility index (Phi) is 8.49. The zero-order chi connectivity index (χ0) is 34.0. The van der Waals surface area contributed by atoms with Gasteiger partial charge in [0.25, 0.3) is 0 Å². The third kappa shape index (κ3) is 4.65. The summed E-state index contributed by atoms with van der Waals surface area (Å²) in [4.78, 5) is 12.7. The van der Waals surface area contributed by atoms with Gasteiger partial charge in [-0.2, -0.15) is 0 Å².